The second kappa shape index (κ2) is 12.0. The molecule has 1 rings (SSSR count). The molecule has 0 aliphatic rings. The van der Waals surface area contributed by atoms with Gasteiger partial charge in [0.05, 0.1) is 31.4 Å². The van der Waals surface area contributed by atoms with Crippen molar-refractivity contribution in [2.45, 2.75) is 32.2 Å². The van der Waals surface area contributed by atoms with Crippen LogP contribution in [0.1, 0.15) is 36.5 Å². The molecule has 0 spiro atoms. The number of nitrogens with one attached hydrogen (secondary N) is 1. The number of rotatable bonds is 10. The van der Waals surface area contributed by atoms with E-state index in [4.69, 9.17) is 15.3 Å². The van der Waals surface area contributed by atoms with Gasteiger partial charge in [-0.2, -0.15) is 10.5 Å². The summed E-state index contributed by atoms with van der Waals surface area (Å²) in [5.74, 6) is -1.38. The summed E-state index contributed by atoms with van der Waals surface area (Å²) in [6, 6.07) is 12.0. The van der Waals surface area contributed by atoms with Crippen LogP contribution in [0.4, 0.5) is 0 Å². The molecule has 0 aliphatic carbocycles. The van der Waals surface area contributed by atoms with Crippen molar-refractivity contribution in [3.8, 4) is 12.1 Å². The van der Waals surface area contributed by atoms with Crippen LogP contribution >= 0.6 is 0 Å². The molecule has 1 N–H and O–H groups in total. The molecule has 0 aliphatic heterocycles. The Kier molecular flexibility index (Phi) is 9.66. The van der Waals surface area contributed by atoms with Crippen LogP contribution in [0.15, 0.2) is 30.3 Å². The number of carbonyl (C=O) groups excluding carboxylic acids is 3. The summed E-state index contributed by atoms with van der Waals surface area (Å²) in [7, 11) is 0. The summed E-state index contributed by atoms with van der Waals surface area (Å²) in [5.41, 5.74) is 0.485. The van der Waals surface area contributed by atoms with Crippen LogP contribution in [-0.4, -0.2) is 48.4 Å². The van der Waals surface area contributed by atoms with Gasteiger partial charge in [0.15, 0.2) is 6.61 Å². The fourth-order valence-corrected chi connectivity index (χ4v) is 2.22. The normalized spacial score (nSPS) is 10.8. The Hall–Kier alpha value is -3.39. The Morgan fingerprint density at radius 1 is 1.11 bits per heavy atom. The van der Waals surface area contributed by atoms with Crippen molar-refractivity contribution in [3.63, 3.8) is 0 Å². The molecule has 0 fully saturated rings. The second-order valence-electron chi connectivity index (χ2n) is 5.80. The molecule has 1 aromatic rings. The first-order valence-electron chi connectivity index (χ1n) is 8.51. The number of carbonyl (C=O) groups is 3. The van der Waals surface area contributed by atoms with Crippen LogP contribution in [0.25, 0.3) is 0 Å². The van der Waals surface area contributed by atoms with E-state index >= 15 is 0 Å². The Labute approximate surface area is 158 Å². The molecule has 2 amide bonds. The molecule has 0 saturated carbocycles. The fourth-order valence-electron chi connectivity index (χ4n) is 2.22. The molecular weight excluding hydrogens is 348 g/mol. The highest BCUT2D eigenvalue weighted by Gasteiger charge is 2.18. The van der Waals surface area contributed by atoms with Crippen LogP contribution < -0.4 is 5.32 Å². The lowest BCUT2D eigenvalue weighted by Gasteiger charge is -2.20. The van der Waals surface area contributed by atoms with Gasteiger partial charge in [-0.05, 0) is 19.1 Å². The van der Waals surface area contributed by atoms with Crippen LogP contribution in [0.5, 0.6) is 0 Å². The van der Waals surface area contributed by atoms with Crippen molar-refractivity contribution in [1.29, 1.82) is 10.5 Å². The maximum absolute atomic E-state index is 12.1. The van der Waals surface area contributed by atoms with E-state index < -0.39 is 24.5 Å². The molecule has 0 bridgehead atoms. The Balaban J connectivity index is 2.42. The van der Waals surface area contributed by atoms with Gasteiger partial charge in [-0.3, -0.25) is 14.4 Å². The van der Waals surface area contributed by atoms with Crippen LogP contribution in [-0.2, 0) is 14.3 Å². The molecule has 0 saturated heterocycles. The number of esters is 1. The van der Waals surface area contributed by atoms with Crippen LogP contribution in [0, 0.1) is 22.7 Å². The van der Waals surface area contributed by atoms with Crippen LogP contribution in [0.2, 0.25) is 0 Å². The molecule has 0 aromatic heterocycles. The zero-order chi connectivity index (χ0) is 20.1. The number of amides is 2. The average molecular weight is 370 g/mol. The van der Waals surface area contributed by atoms with Gasteiger partial charge in [-0.15, -0.1) is 0 Å². The molecule has 8 heteroatoms. The number of hydrogen-bond acceptors (Lipinski definition) is 6. The zero-order valence-corrected chi connectivity index (χ0v) is 15.2. The molecule has 0 radical (unpaired) electrons. The van der Waals surface area contributed by atoms with Crippen molar-refractivity contribution in [2.75, 3.05) is 19.7 Å². The molecule has 1 aromatic carbocycles. The predicted molar refractivity (Wildman–Crippen MR) is 96.0 cm³/mol. The highest BCUT2D eigenvalue weighted by Crippen LogP contribution is 2.02. The minimum atomic E-state index is -0.621. The number of nitrogens with zero attached hydrogens (tertiary/aromatic N) is 3. The topological polar surface area (TPSA) is 123 Å². The number of ether oxygens (including phenoxy) is 1. The van der Waals surface area contributed by atoms with Crippen molar-refractivity contribution in [1.82, 2.24) is 10.2 Å². The Morgan fingerprint density at radius 2 is 1.70 bits per heavy atom. The quantitative estimate of drug-likeness (QED) is 0.621. The third-order valence-corrected chi connectivity index (χ3v) is 3.58. The lowest BCUT2D eigenvalue weighted by Crippen LogP contribution is -2.37. The average Bonchev–Trinajstić information content (AvgIpc) is 2.66. The maximum Gasteiger partial charge on any atom is 0.308 e. The summed E-state index contributed by atoms with van der Waals surface area (Å²) >= 11 is 0. The minimum Gasteiger partial charge on any atom is -0.456 e. The smallest absolute Gasteiger partial charge is 0.308 e. The number of hydrogen-bond donors (Lipinski definition) is 1. The van der Waals surface area contributed by atoms with Gasteiger partial charge >= 0.3 is 5.97 Å². The molecule has 8 nitrogen and oxygen atoms in total. The maximum atomic E-state index is 12.1. The molecule has 27 heavy (non-hydrogen) atoms. The summed E-state index contributed by atoms with van der Waals surface area (Å²) in [6.45, 7) is 1.56. The molecule has 1 unspecified atom stereocenters. The van der Waals surface area contributed by atoms with Crippen molar-refractivity contribution in [3.05, 3.63) is 35.9 Å². The SMILES string of the molecule is CC(CC(=O)OCC(=O)N(CCC#N)CCC#N)NC(=O)c1ccccc1. The van der Waals surface area contributed by atoms with Crippen molar-refractivity contribution >= 4 is 17.8 Å². The first kappa shape index (κ1) is 21.7. The molecule has 142 valence electrons. The lowest BCUT2D eigenvalue weighted by molar-refractivity contribution is -0.152. The Bertz CT molecular complexity index is 703. The molecule has 1 atom stereocenters. The standard InChI is InChI=1S/C19H22N4O4/c1-15(22-19(26)16-7-3-2-4-8-16)13-18(25)27-14-17(24)23(11-5-9-20)12-6-10-21/h2-4,7-8,15H,5-6,11-14H2,1H3,(H,22,26). The van der Waals surface area contributed by atoms with E-state index in [1.54, 1.807) is 37.3 Å². The number of nitriles is 2. The van der Waals surface area contributed by atoms with Crippen LogP contribution in [0.3, 0.4) is 0 Å². The third-order valence-electron chi connectivity index (χ3n) is 3.58. The van der Waals surface area contributed by atoms with E-state index in [0.29, 0.717) is 5.56 Å². The van der Waals surface area contributed by atoms with Crippen molar-refractivity contribution < 1.29 is 19.1 Å². The highest BCUT2D eigenvalue weighted by molar-refractivity contribution is 5.94. The van der Waals surface area contributed by atoms with Gasteiger partial charge in [-0.25, -0.2) is 0 Å². The second-order valence-corrected chi connectivity index (χ2v) is 5.80. The first-order valence-corrected chi connectivity index (χ1v) is 8.51. The third kappa shape index (κ3) is 8.50. The summed E-state index contributed by atoms with van der Waals surface area (Å²) in [6.07, 6.45) is 0.184. The van der Waals surface area contributed by atoms with E-state index in [-0.39, 0.29) is 38.3 Å². The summed E-state index contributed by atoms with van der Waals surface area (Å²) < 4.78 is 4.96. The summed E-state index contributed by atoms with van der Waals surface area (Å²) in [4.78, 5) is 37.3. The van der Waals surface area contributed by atoms with Gasteiger partial charge in [0.25, 0.3) is 11.8 Å². The lowest BCUT2D eigenvalue weighted by atomic mass is 10.2. The van der Waals surface area contributed by atoms with Gasteiger partial charge < -0.3 is 15.0 Å². The molecular formula is C19H22N4O4. The minimum absolute atomic E-state index is 0.0811. The highest BCUT2D eigenvalue weighted by atomic mass is 16.5. The fraction of sp³-hybridized carbons (Fsp3) is 0.421. The van der Waals surface area contributed by atoms with E-state index in [0.717, 1.165) is 0 Å². The van der Waals surface area contributed by atoms with E-state index in [1.165, 1.54) is 4.90 Å². The van der Waals surface area contributed by atoms with Gasteiger partial charge in [0, 0.05) is 24.7 Å². The van der Waals surface area contributed by atoms with Crippen molar-refractivity contribution in [2.24, 2.45) is 0 Å². The monoisotopic (exact) mass is 370 g/mol. The molecule has 0 heterocycles. The number of benzene rings is 1. The van der Waals surface area contributed by atoms with E-state index in [2.05, 4.69) is 5.32 Å². The first-order chi connectivity index (χ1) is 13.0. The van der Waals surface area contributed by atoms with Gasteiger partial charge in [0.1, 0.15) is 0 Å². The Morgan fingerprint density at radius 3 is 2.26 bits per heavy atom. The predicted octanol–water partition coefficient (Wildman–Crippen LogP) is 1.39. The van der Waals surface area contributed by atoms with Gasteiger partial charge in [0.2, 0.25) is 0 Å². The van der Waals surface area contributed by atoms with E-state index in [9.17, 15) is 14.4 Å². The summed E-state index contributed by atoms with van der Waals surface area (Å²) in [5, 5.41) is 19.9. The van der Waals surface area contributed by atoms with Gasteiger partial charge in [-0.1, -0.05) is 18.2 Å². The zero-order valence-electron chi connectivity index (χ0n) is 15.2. The van der Waals surface area contributed by atoms with E-state index in [1.807, 2.05) is 12.1 Å². The largest absolute Gasteiger partial charge is 0.456 e.